The monoisotopic (exact) mass is 253 g/mol. The maximum Gasteiger partial charge on any atom is 0.131 e. The fourth-order valence-electron chi connectivity index (χ4n) is 1.46. The van der Waals surface area contributed by atoms with Crippen molar-refractivity contribution in [2.75, 3.05) is 5.32 Å². The summed E-state index contributed by atoms with van der Waals surface area (Å²) < 4.78 is 26.6. The molecule has 0 amide bonds. The molecule has 88 valence electrons. The van der Waals surface area contributed by atoms with Crippen molar-refractivity contribution in [1.82, 2.24) is 0 Å². The lowest BCUT2D eigenvalue weighted by molar-refractivity contribution is 0.560. The van der Waals surface area contributed by atoms with Gasteiger partial charge in [-0.05, 0) is 36.4 Å². The zero-order valence-electron chi connectivity index (χ0n) is 8.88. The average molecular weight is 254 g/mol. The number of nitrogens with one attached hydrogen (secondary N) is 1. The fraction of sp³-hybridized carbons (Fsp3) is 0.0769. The number of hydrogen-bond donors (Lipinski definition) is 1. The Morgan fingerprint density at radius 3 is 2.12 bits per heavy atom. The van der Waals surface area contributed by atoms with E-state index >= 15 is 0 Å². The molecule has 0 aliphatic carbocycles. The molecule has 0 radical (unpaired) electrons. The molecular formula is C13H10ClF2N. The Labute approximate surface area is 103 Å². The highest BCUT2D eigenvalue weighted by atomic mass is 35.5. The van der Waals surface area contributed by atoms with E-state index in [1.165, 1.54) is 18.2 Å². The first-order chi connectivity index (χ1) is 8.16. The van der Waals surface area contributed by atoms with E-state index in [-0.39, 0.29) is 12.1 Å². The molecule has 17 heavy (non-hydrogen) atoms. The number of anilines is 1. The summed E-state index contributed by atoms with van der Waals surface area (Å²) >= 11 is 5.73. The summed E-state index contributed by atoms with van der Waals surface area (Å²) in [5.41, 5.74) is 0.791. The summed E-state index contributed by atoms with van der Waals surface area (Å²) in [5.74, 6) is -1.10. The number of rotatable bonds is 3. The van der Waals surface area contributed by atoms with Gasteiger partial charge in [0, 0.05) is 22.8 Å². The minimum atomic E-state index is -0.550. The van der Waals surface area contributed by atoms with E-state index in [0.717, 1.165) is 5.69 Å². The van der Waals surface area contributed by atoms with Crippen molar-refractivity contribution in [2.45, 2.75) is 6.54 Å². The summed E-state index contributed by atoms with van der Waals surface area (Å²) in [6, 6.07) is 10.7. The zero-order chi connectivity index (χ0) is 12.3. The summed E-state index contributed by atoms with van der Waals surface area (Å²) in [6.45, 7) is 0.0974. The highest BCUT2D eigenvalue weighted by Gasteiger charge is 2.07. The predicted molar refractivity (Wildman–Crippen MR) is 65.1 cm³/mol. The van der Waals surface area contributed by atoms with Gasteiger partial charge in [-0.2, -0.15) is 0 Å². The van der Waals surface area contributed by atoms with Gasteiger partial charge in [0.15, 0.2) is 0 Å². The molecule has 0 aliphatic heterocycles. The molecule has 0 bridgehead atoms. The lowest BCUT2D eigenvalue weighted by Crippen LogP contribution is -2.04. The summed E-state index contributed by atoms with van der Waals surface area (Å²) in [4.78, 5) is 0. The molecule has 0 aliphatic rings. The quantitative estimate of drug-likeness (QED) is 0.863. The first-order valence-corrected chi connectivity index (χ1v) is 5.47. The molecule has 2 aromatic carbocycles. The second-order valence-corrected chi connectivity index (χ2v) is 4.00. The number of hydrogen-bond acceptors (Lipinski definition) is 1. The molecule has 0 heterocycles. The van der Waals surface area contributed by atoms with Gasteiger partial charge in [-0.1, -0.05) is 17.7 Å². The largest absolute Gasteiger partial charge is 0.381 e. The van der Waals surface area contributed by atoms with E-state index in [0.29, 0.717) is 5.02 Å². The molecule has 0 saturated heterocycles. The summed E-state index contributed by atoms with van der Waals surface area (Å²) in [7, 11) is 0. The van der Waals surface area contributed by atoms with Crippen LogP contribution in [0.2, 0.25) is 5.02 Å². The van der Waals surface area contributed by atoms with Crippen molar-refractivity contribution in [3.63, 3.8) is 0 Å². The molecule has 0 aromatic heterocycles. The Bertz CT molecular complexity index is 491. The van der Waals surface area contributed by atoms with E-state index in [2.05, 4.69) is 5.32 Å². The second kappa shape index (κ2) is 5.15. The molecule has 2 rings (SSSR count). The van der Waals surface area contributed by atoms with Crippen LogP contribution < -0.4 is 5.32 Å². The van der Waals surface area contributed by atoms with Crippen LogP contribution in [0.15, 0.2) is 42.5 Å². The van der Waals surface area contributed by atoms with Gasteiger partial charge in [-0.25, -0.2) is 8.78 Å². The number of benzene rings is 2. The SMILES string of the molecule is Fc1cccc(F)c1CNc1ccc(Cl)cc1. The van der Waals surface area contributed by atoms with Gasteiger partial charge in [0.1, 0.15) is 11.6 Å². The van der Waals surface area contributed by atoms with Crippen molar-refractivity contribution in [1.29, 1.82) is 0 Å². The van der Waals surface area contributed by atoms with E-state index in [1.807, 2.05) is 0 Å². The molecule has 0 fully saturated rings. The van der Waals surface area contributed by atoms with Crippen molar-refractivity contribution < 1.29 is 8.78 Å². The summed E-state index contributed by atoms with van der Waals surface area (Å²) in [6.07, 6.45) is 0. The van der Waals surface area contributed by atoms with Gasteiger partial charge in [-0.15, -0.1) is 0 Å². The van der Waals surface area contributed by atoms with Crippen molar-refractivity contribution >= 4 is 17.3 Å². The Hall–Kier alpha value is -1.61. The van der Waals surface area contributed by atoms with Crippen LogP contribution in [-0.4, -0.2) is 0 Å². The average Bonchev–Trinajstić information content (AvgIpc) is 2.31. The molecular weight excluding hydrogens is 244 g/mol. The van der Waals surface area contributed by atoms with E-state index in [4.69, 9.17) is 11.6 Å². The smallest absolute Gasteiger partial charge is 0.131 e. The summed E-state index contributed by atoms with van der Waals surface area (Å²) in [5, 5.41) is 3.55. The van der Waals surface area contributed by atoms with Gasteiger partial charge in [0.25, 0.3) is 0 Å². The Balaban J connectivity index is 2.10. The molecule has 1 nitrogen and oxygen atoms in total. The third-order valence-corrected chi connectivity index (χ3v) is 2.63. The van der Waals surface area contributed by atoms with Crippen LogP contribution in [0.4, 0.5) is 14.5 Å². The van der Waals surface area contributed by atoms with E-state index in [9.17, 15) is 8.78 Å². The van der Waals surface area contributed by atoms with Crippen LogP contribution >= 0.6 is 11.6 Å². The van der Waals surface area contributed by atoms with Gasteiger partial charge in [0.05, 0.1) is 0 Å². The molecule has 4 heteroatoms. The van der Waals surface area contributed by atoms with Crippen LogP contribution in [0.25, 0.3) is 0 Å². The topological polar surface area (TPSA) is 12.0 Å². The van der Waals surface area contributed by atoms with Crippen LogP contribution in [0.3, 0.4) is 0 Å². The predicted octanol–water partition coefficient (Wildman–Crippen LogP) is 4.23. The van der Waals surface area contributed by atoms with Crippen molar-refractivity contribution in [3.8, 4) is 0 Å². The van der Waals surface area contributed by atoms with Gasteiger partial charge < -0.3 is 5.32 Å². The Morgan fingerprint density at radius 1 is 0.941 bits per heavy atom. The van der Waals surface area contributed by atoms with E-state index < -0.39 is 11.6 Å². The van der Waals surface area contributed by atoms with Crippen LogP contribution in [-0.2, 0) is 6.54 Å². The lowest BCUT2D eigenvalue weighted by Gasteiger charge is -2.08. The first-order valence-electron chi connectivity index (χ1n) is 5.09. The minimum Gasteiger partial charge on any atom is -0.381 e. The molecule has 1 N–H and O–H groups in total. The van der Waals surface area contributed by atoms with Gasteiger partial charge >= 0.3 is 0 Å². The van der Waals surface area contributed by atoms with Crippen molar-refractivity contribution in [2.24, 2.45) is 0 Å². The standard InChI is InChI=1S/C13H10ClF2N/c14-9-4-6-10(7-5-9)17-8-11-12(15)2-1-3-13(11)16/h1-7,17H,8H2. The lowest BCUT2D eigenvalue weighted by atomic mass is 10.2. The minimum absolute atomic E-state index is 0.0300. The van der Waals surface area contributed by atoms with E-state index in [1.54, 1.807) is 24.3 Å². The Kier molecular flexibility index (Phi) is 3.59. The van der Waals surface area contributed by atoms with Gasteiger partial charge in [-0.3, -0.25) is 0 Å². The van der Waals surface area contributed by atoms with Crippen molar-refractivity contribution in [3.05, 3.63) is 64.7 Å². The van der Waals surface area contributed by atoms with Crippen LogP contribution in [0, 0.1) is 11.6 Å². The molecule has 0 unspecified atom stereocenters. The highest BCUT2D eigenvalue weighted by Crippen LogP contribution is 2.17. The molecule has 2 aromatic rings. The highest BCUT2D eigenvalue weighted by molar-refractivity contribution is 6.30. The number of halogens is 3. The van der Waals surface area contributed by atoms with Crippen LogP contribution in [0.1, 0.15) is 5.56 Å². The third-order valence-electron chi connectivity index (χ3n) is 2.38. The molecule has 0 saturated carbocycles. The zero-order valence-corrected chi connectivity index (χ0v) is 9.64. The Morgan fingerprint density at radius 2 is 1.53 bits per heavy atom. The maximum absolute atomic E-state index is 13.3. The maximum atomic E-state index is 13.3. The third kappa shape index (κ3) is 2.94. The first kappa shape index (κ1) is 11.9. The second-order valence-electron chi connectivity index (χ2n) is 3.56. The fourth-order valence-corrected chi connectivity index (χ4v) is 1.59. The molecule has 0 atom stereocenters. The van der Waals surface area contributed by atoms with Crippen LogP contribution in [0.5, 0.6) is 0 Å². The van der Waals surface area contributed by atoms with Gasteiger partial charge in [0.2, 0.25) is 0 Å². The normalized spacial score (nSPS) is 10.3. The molecule has 0 spiro atoms.